The minimum Gasteiger partial charge on any atom is -0.367 e. The van der Waals surface area contributed by atoms with E-state index in [1.807, 2.05) is 7.05 Å². The number of nitrogens with one attached hydrogen (secondary N) is 2. The van der Waals surface area contributed by atoms with Crippen molar-refractivity contribution in [1.82, 2.24) is 30.0 Å². The van der Waals surface area contributed by atoms with Crippen LogP contribution in [0.3, 0.4) is 0 Å². The molecular formula is C20H35IN8. The van der Waals surface area contributed by atoms with Gasteiger partial charge in [0.15, 0.2) is 11.6 Å². The summed E-state index contributed by atoms with van der Waals surface area (Å²) in [6.45, 7) is 11.3. The van der Waals surface area contributed by atoms with Crippen molar-refractivity contribution >= 4 is 46.8 Å². The molecular weight excluding hydrogens is 479 g/mol. The fraction of sp³-hybridized carbons (Fsp3) is 0.700. The molecule has 2 aromatic rings. The van der Waals surface area contributed by atoms with E-state index in [1.54, 1.807) is 17.2 Å². The van der Waals surface area contributed by atoms with Crippen LogP contribution in [-0.4, -0.2) is 63.3 Å². The third-order valence-electron chi connectivity index (χ3n) is 5.46. The summed E-state index contributed by atoms with van der Waals surface area (Å²) in [5.41, 5.74) is 1.23. The molecule has 2 aromatic heterocycles. The number of hydrogen-bond acceptors (Lipinski definition) is 5. The van der Waals surface area contributed by atoms with E-state index < -0.39 is 0 Å². The smallest absolute Gasteiger partial charge is 0.193 e. The highest BCUT2D eigenvalue weighted by molar-refractivity contribution is 14.0. The lowest BCUT2D eigenvalue weighted by Crippen LogP contribution is -2.50. The van der Waals surface area contributed by atoms with E-state index in [0.29, 0.717) is 12.0 Å². The molecule has 1 unspecified atom stereocenters. The predicted octanol–water partition coefficient (Wildman–Crippen LogP) is 3.26. The second-order valence-corrected chi connectivity index (χ2v) is 7.98. The van der Waals surface area contributed by atoms with Crippen LogP contribution in [-0.2, 0) is 7.05 Å². The van der Waals surface area contributed by atoms with Crippen molar-refractivity contribution in [3.05, 3.63) is 12.5 Å². The van der Waals surface area contributed by atoms with E-state index in [0.717, 1.165) is 49.0 Å². The lowest BCUT2D eigenvalue weighted by atomic mass is 9.78. The number of anilines is 1. The van der Waals surface area contributed by atoms with Crippen LogP contribution < -0.4 is 10.6 Å². The van der Waals surface area contributed by atoms with E-state index in [4.69, 9.17) is 4.99 Å². The van der Waals surface area contributed by atoms with Crippen LogP contribution in [0.4, 0.5) is 5.82 Å². The molecule has 0 aromatic carbocycles. The van der Waals surface area contributed by atoms with Crippen molar-refractivity contribution in [3.8, 4) is 0 Å². The molecule has 1 fully saturated rings. The number of hydrogen-bond donors (Lipinski definition) is 2. The van der Waals surface area contributed by atoms with Crippen molar-refractivity contribution in [3.63, 3.8) is 0 Å². The fourth-order valence-electron chi connectivity index (χ4n) is 4.17. The van der Waals surface area contributed by atoms with Gasteiger partial charge in [0.2, 0.25) is 0 Å². The molecule has 1 aliphatic heterocycles. The van der Waals surface area contributed by atoms with Crippen LogP contribution in [0.25, 0.3) is 11.0 Å². The Morgan fingerprint density at radius 1 is 1.31 bits per heavy atom. The van der Waals surface area contributed by atoms with Crippen molar-refractivity contribution in [2.75, 3.05) is 38.0 Å². The van der Waals surface area contributed by atoms with Gasteiger partial charge in [0.05, 0.1) is 18.1 Å². The van der Waals surface area contributed by atoms with Gasteiger partial charge in [-0.25, -0.2) is 9.97 Å². The Labute approximate surface area is 191 Å². The number of likely N-dealkylation sites (tertiary alicyclic amines) is 1. The van der Waals surface area contributed by atoms with Gasteiger partial charge in [-0.05, 0) is 31.6 Å². The normalized spacial score (nSPS) is 19.9. The summed E-state index contributed by atoms with van der Waals surface area (Å²) in [7, 11) is 1.89. The Kier molecular flexibility index (Phi) is 8.91. The Hall–Kier alpha value is -1.65. The Balaban J connectivity index is 0.00000300. The van der Waals surface area contributed by atoms with E-state index in [2.05, 4.69) is 51.4 Å². The van der Waals surface area contributed by atoms with Crippen LogP contribution in [0.15, 0.2) is 17.5 Å². The molecule has 2 N–H and O–H groups in total. The molecule has 0 amide bonds. The predicted molar refractivity (Wildman–Crippen MR) is 130 cm³/mol. The Morgan fingerprint density at radius 2 is 2.14 bits per heavy atom. The van der Waals surface area contributed by atoms with Crippen molar-refractivity contribution in [1.29, 1.82) is 0 Å². The van der Waals surface area contributed by atoms with Gasteiger partial charge in [0.1, 0.15) is 12.1 Å². The maximum Gasteiger partial charge on any atom is 0.193 e. The highest BCUT2D eigenvalue weighted by atomic mass is 127. The summed E-state index contributed by atoms with van der Waals surface area (Å²) in [5.74, 6) is 1.84. The first kappa shape index (κ1) is 23.6. The number of piperidine rings is 1. The number of halogens is 1. The third kappa shape index (κ3) is 5.93. The van der Waals surface area contributed by atoms with Crippen molar-refractivity contribution in [2.24, 2.45) is 17.5 Å². The van der Waals surface area contributed by atoms with Crippen LogP contribution >= 0.6 is 24.0 Å². The second-order valence-electron chi connectivity index (χ2n) is 7.98. The zero-order valence-electron chi connectivity index (χ0n) is 18.1. The van der Waals surface area contributed by atoms with Crippen molar-refractivity contribution < 1.29 is 0 Å². The first-order chi connectivity index (χ1) is 13.6. The minimum atomic E-state index is 0. The number of fused-ring (bicyclic) bond motifs is 1. The molecule has 1 atom stereocenters. The number of guanidine groups is 1. The van der Waals surface area contributed by atoms with E-state index in [-0.39, 0.29) is 24.0 Å². The molecule has 0 saturated carbocycles. The van der Waals surface area contributed by atoms with Crippen LogP contribution in [0.5, 0.6) is 0 Å². The number of nitrogens with zero attached hydrogens (tertiary/aromatic N) is 6. The van der Waals surface area contributed by atoms with Gasteiger partial charge in [0.25, 0.3) is 0 Å². The second kappa shape index (κ2) is 10.9. The lowest BCUT2D eigenvalue weighted by molar-refractivity contribution is 0.142. The molecule has 162 valence electrons. The average Bonchev–Trinajstić information content (AvgIpc) is 3.06. The number of aryl methyl sites for hydroxylation is 1. The summed E-state index contributed by atoms with van der Waals surface area (Å²) in [6, 6.07) is 0. The van der Waals surface area contributed by atoms with E-state index >= 15 is 0 Å². The summed E-state index contributed by atoms with van der Waals surface area (Å²) in [6.07, 6.45) is 8.43. The standard InChI is InChI=1S/C20H34N8.HI/c1-5-8-20(3)9-7-12-28(14-20)19(21-6-2)23-11-10-22-17-16-13-26-27(4)18(16)25-15-24-17;/h13,15H,5-12,14H2,1-4H3,(H,21,23)(H,22,24,25);1H. The summed E-state index contributed by atoms with van der Waals surface area (Å²) in [4.78, 5) is 15.9. The zero-order valence-corrected chi connectivity index (χ0v) is 20.4. The molecule has 8 nitrogen and oxygen atoms in total. The van der Waals surface area contributed by atoms with Gasteiger partial charge in [-0.3, -0.25) is 9.67 Å². The largest absolute Gasteiger partial charge is 0.367 e. The first-order valence-electron chi connectivity index (χ1n) is 10.5. The van der Waals surface area contributed by atoms with Gasteiger partial charge in [0, 0.05) is 33.2 Å². The van der Waals surface area contributed by atoms with Gasteiger partial charge in [-0.1, -0.05) is 20.3 Å². The fourth-order valence-corrected chi connectivity index (χ4v) is 4.17. The topological polar surface area (TPSA) is 83.3 Å². The molecule has 1 saturated heterocycles. The molecule has 29 heavy (non-hydrogen) atoms. The first-order valence-corrected chi connectivity index (χ1v) is 10.5. The maximum atomic E-state index is 4.87. The molecule has 0 aliphatic carbocycles. The summed E-state index contributed by atoms with van der Waals surface area (Å²) < 4.78 is 1.76. The van der Waals surface area contributed by atoms with Crippen molar-refractivity contribution in [2.45, 2.75) is 46.5 Å². The summed E-state index contributed by atoms with van der Waals surface area (Å²) >= 11 is 0. The van der Waals surface area contributed by atoms with Gasteiger partial charge in [-0.2, -0.15) is 5.10 Å². The molecule has 3 rings (SSSR count). The average molecular weight is 514 g/mol. The maximum absolute atomic E-state index is 4.87. The highest BCUT2D eigenvalue weighted by Crippen LogP contribution is 2.33. The van der Waals surface area contributed by atoms with Gasteiger partial charge >= 0.3 is 0 Å². The van der Waals surface area contributed by atoms with E-state index in [1.165, 1.54) is 25.7 Å². The van der Waals surface area contributed by atoms with Crippen LogP contribution in [0, 0.1) is 5.41 Å². The SMILES string of the molecule is CCCC1(C)CCCN(C(=NCCNc2ncnc3c2cnn3C)NCC)C1.I. The third-order valence-corrected chi connectivity index (χ3v) is 5.46. The number of aliphatic imine (C=N–C) groups is 1. The Morgan fingerprint density at radius 3 is 2.90 bits per heavy atom. The van der Waals surface area contributed by atoms with Gasteiger partial charge in [-0.15, -0.1) is 24.0 Å². The quantitative estimate of drug-likeness (QED) is 0.256. The molecule has 0 radical (unpaired) electrons. The number of rotatable bonds is 7. The van der Waals surface area contributed by atoms with Crippen LogP contribution in [0.2, 0.25) is 0 Å². The molecule has 0 spiro atoms. The van der Waals surface area contributed by atoms with E-state index in [9.17, 15) is 0 Å². The highest BCUT2D eigenvalue weighted by Gasteiger charge is 2.31. The summed E-state index contributed by atoms with van der Waals surface area (Å²) in [5, 5.41) is 12.0. The minimum absolute atomic E-state index is 0. The zero-order chi connectivity index (χ0) is 20.0. The molecule has 1 aliphatic rings. The van der Waals surface area contributed by atoms with Gasteiger partial charge < -0.3 is 15.5 Å². The Bertz CT molecular complexity index is 801. The molecule has 0 bridgehead atoms. The number of aromatic nitrogens is 4. The molecule has 9 heteroatoms. The molecule has 3 heterocycles. The monoisotopic (exact) mass is 514 g/mol. The van der Waals surface area contributed by atoms with Crippen LogP contribution in [0.1, 0.15) is 46.5 Å². The lowest BCUT2D eigenvalue weighted by Gasteiger charge is -2.42.